The van der Waals surface area contributed by atoms with Crippen molar-refractivity contribution in [2.24, 2.45) is 10.8 Å². The van der Waals surface area contributed by atoms with Crippen LogP contribution in [-0.4, -0.2) is 13.3 Å². The Morgan fingerprint density at radius 1 is 1.83 bits per heavy atom. The first-order chi connectivity index (χ1) is 2.91. The quantitative estimate of drug-likeness (QED) is 0.247. The number of hydrogen-bond donors (Lipinski definition) is 3. The molecule has 0 rings (SSSR count). The van der Waals surface area contributed by atoms with Gasteiger partial charge in [0.1, 0.15) is 6.67 Å². The lowest BCUT2D eigenvalue weighted by molar-refractivity contribution is 0.690. The Morgan fingerprint density at radius 2 is 2.50 bits per heavy atom. The minimum Gasteiger partial charge on any atom is -0.318 e. The molecule has 0 fully saturated rings. The van der Waals surface area contributed by atoms with E-state index < -0.39 is 0 Å². The molecule has 4 nitrogen and oxygen atoms in total. The van der Waals surface area contributed by atoms with E-state index >= 15 is 0 Å². The molecular formula is C2H8N4. The van der Waals surface area contributed by atoms with Gasteiger partial charge in [-0.3, -0.25) is 5.32 Å². The standard InChI is InChI=1S/C2H8N4/c3-1-5-2-6-4/h4-5H,1-3H2. The molecule has 6 heavy (non-hydrogen) atoms. The van der Waals surface area contributed by atoms with Crippen molar-refractivity contribution < 1.29 is 0 Å². The van der Waals surface area contributed by atoms with Gasteiger partial charge in [-0.05, 0) is 0 Å². The van der Waals surface area contributed by atoms with Crippen molar-refractivity contribution in [1.82, 2.24) is 5.32 Å². The fourth-order valence-corrected chi connectivity index (χ4v) is 0.120. The lowest BCUT2D eigenvalue weighted by atomic mass is 11.0. The maximum Gasteiger partial charge on any atom is 0.110 e. The van der Waals surface area contributed by atoms with Crippen LogP contribution >= 0.6 is 0 Å². The van der Waals surface area contributed by atoms with Gasteiger partial charge in [0.05, 0.1) is 0 Å². The van der Waals surface area contributed by atoms with Gasteiger partial charge < -0.3 is 5.73 Å². The Labute approximate surface area is 36.2 Å². The van der Waals surface area contributed by atoms with Gasteiger partial charge >= 0.3 is 0 Å². The second-order valence-electron chi connectivity index (χ2n) is 0.770. The van der Waals surface area contributed by atoms with Crippen molar-refractivity contribution in [1.29, 1.82) is 5.53 Å². The molecule has 0 spiro atoms. The fraction of sp³-hybridized carbons (Fsp3) is 1.00. The molecule has 0 aliphatic carbocycles. The lowest BCUT2D eigenvalue weighted by Gasteiger charge is -1.87. The first kappa shape index (κ1) is 5.52. The normalized spacial score (nSPS) is 8.17. The zero-order valence-electron chi connectivity index (χ0n) is 3.44. The molecule has 0 amide bonds. The van der Waals surface area contributed by atoms with E-state index in [0.29, 0.717) is 13.3 Å². The van der Waals surface area contributed by atoms with E-state index in [1.165, 1.54) is 0 Å². The number of rotatable bonds is 3. The molecule has 0 aromatic rings. The van der Waals surface area contributed by atoms with E-state index in [9.17, 15) is 0 Å². The zero-order valence-corrected chi connectivity index (χ0v) is 3.44. The van der Waals surface area contributed by atoms with Crippen molar-refractivity contribution in [2.75, 3.05) is 13.3 Å². The van der Waals surface area contributed by atoms with Crippen molar-refractivity contribution in [3.05, 3.63) is 0 Å². The first-order valence-corrected chi connectivity index (χ1v) is 1.66. The maximum atomic E-state index is 6.21. The van der Waals surface area contributed by atoms with Gasteiger partial charge in [0.25, 0.3) is 0 Å². The van der Waals surface area contributed by atoms with Crippen LogP contribution in [0.15, 0.2) is 5.11 Å². The predicted molar refractivity (Wildman–Crippen MR) is 22.2 cm³/mol. The number of nitrogens with zero attached hydrogens (tertiary/aromatic N) is 1. The highest BCUT2D eigenvalue weighted by Crippen LogP contribution is 1.51. The Balaban J connectivity index is 2.49. The maximum absolute atomic E-state index is 6.21. The van der Waals surface area contributed by atoms with Crippen LogP contribution in [0.2, 0.25) is 0 Å². The summed E-state index contributed by atoms with van der Waals surface area (Å²) in [5.41, 5.74) is 11.2. The summed E-state index contributed by atoms with van der Waals surface area (Å²) in [6, 6.07) is 0. The Hall–Kier alpha value is -0.480. The van der Waals surface area contributed by atoms with E-state index in [0.717, 1.165) is 0 Å². The molecule has 36 valence electrons. The van der Waals surface area contributed by atoms with Crippen molar-refractivity contribution in [3.8, 4) is 0 Å². The van der Waals surface area contributed by atoms with Crippen LogP contribution in [0.3, 0.4) is 0 Å². The fourth-order valence-electron chi connectivity index (χ4n) is 0.120. The van der Waals surface area contributed by atoms with Gasteiger partial charge in [-0.15, -0.1) is 0 Å². The molecule has 0 aliphatic heterocycles. The highest BCUT2D eigenvalue weighted by molar-refractivity contribution is 4.27. The van der Waals surface area contributed by atoms with Gasteiger partial charge in [-0.25, -0.2) is 5.53 Å². The predicted octanol–water partition coefficient (Wildman–Crippen LogP) is -0.519. The van der Waals surface area contributed by atoms with Gasteiger partial charge in [0.2, 0.25) is 0 Å². The van der Waals surface area contributed by atoms with E-state index in [4.69, 9.17) is 11.3 Å². The molecule has 4 N–H and O–H groups in total. The third-order valence-electron chi connectivity index (χ3n) is 0.335. The van der Waals surface area contributed by atoms with Crippen LogP contribution in [0.1, 0.15) is 0 Å². The van der Waals surface area contributed by atoms with Gasteiger partial charge in [-0.2, -0.15) is 5.11 Å². The molecule has 0 aliphatic rings. The second-order valence-corrected chi connectivity index (χ2v) is 0.770. The highest BCUT2D eigenvalue weighted by Gasteiger charge is 1.68. The zero-order chi connectivity index (χ0) is 4.83. The summed E-state index contributed by atoms with van der Waals surface area (Å²) in [6.07, 6.45) is 0. The lowest BCUT2D eigenvalue weighted by Crippen LogP contribution is -2.21. The van der Waals surface area contributed by atoms with Gasteiger partial charge in [0.15, 0.2) is 0 Å². The molecule has 0 atom stereocenters. The van der Waals surface area contributed by atoms with Crippen molar-refractivity contribution in [2.45, 2.75) is 0 Å². The van der Waals surface area contributed by atoms with Gasteiger partial charge in [0, 0.05) is 6.67 Å². The minimum atomic E-state index is 0.330. The molecule has 0 saturated carbocycles. The number of hydrogen-bond acceptors (Lipinski definition) is 4. The summed E-state index contributed by atoms with van der Waals surface area (Å²) in [5, 5.41) is 5.61. The van der Waals surface area contributed by atoms with Crippen LogP contribution in [-0.2, 0) is 0 Å². The van der Waals surface area contributed by atoms with Crippen LogP contribution in [0.25, 0.3) is 0 Å². The average Bonchev–Trinajstić information content (AvgIpc) is 1.61. The molecule has 0 radical (unpaired) electrons. The van der Waals surface area contributed by atoms with E-state index in [-0.39, 0.29) is 0 Å². The largest absolute Gasteiger partial charge is 0.318 e. The summed E-state index contributed by atoms with van der Waals surface area (Å²) >= 11 is 0. The summed E-state index contributed by atoms with van der Waals surface area (Å²) in [6.45, 7) is 0.721. The summed E-state index contributed by atoms with van der Waals surface area (Å²) in [4.78, 5) is 0. The summed E-state index contributed by atoms with van der Waals surface area (Å²) < 4.78 is 0. The van der Waals surface area contributed by atoms with Crippen LogP contribution in [0.5, 0.6) is 0 Å². The topological polar surface area (TPSA) is 74.3 Å². The van der Waals surface area contributed by atoms with Crippen molar-refractivity contribution in [3.63, 3.8) is 0 Å². The van der Waals surface area contributed by atoms with Crippen molar-refractivity contribution >= 4 is 0 Å². The SMILES string of the molecule is N=NCNCN. The third kappa shape index (κ3) is 3.52. The first-order valence-electron chi connectivity index (χ1n) is 1.66. The summed E-state index contributed by atoms with van der Waals surface area (Å²) in [7, 11) is 0. The Kier molecular flexibility index (Phi) is 4.16. The number of nitrogens with one attached hydrogen (secondary N) is 2. The van der Waals surface area contributed by atoms with Crippen LogP contribution in [0.4, 0.5) is 0 Å². The molecule has 0 aromatic carbocycles. The average molecular weight is 88.1 g/mol. The summed E-state index contributed by atoms with van der Waals surface area (Å²) in [5.74, 6) is 0. The third-order valence-corrected chi connectivity index (χ3v) is 0.335. The van der Waals surface area contributed by atoms with E-state index in [2.05, 4.69) is 10.4 Å². The van der Waals surface area contributed by atoms with Crippen LogP contribution < -0.4 is 11.1 Å². The van der Waals surface area contributed by atoms with E-state index in [1.807, 2.05) is 0 Å². The second kappa shape index (κ2) is 4.52. The molecular weight excluding hydrogens is 80.0 g/mol. The molecule has 0 saturated heterocycles. The van der Waals surface area contributed by atoms with Gasteiger partial charge in [-0.1, -0.05) is 0 Å². The Bertz CT molecular complexity index is 34.5. The Morgan fingerprint density at radius 3 is 2.67 bits per heavy atom. The molecule has 0 heterocycles. The molecule has 0 bridgehead atoms. The smallest absolute Gasteiger partial charge is 0.110 e. The molecule has 0 unspecified atom stereocenters. The minimum absolute atomic E-state index is 0.330. The highest BCUT2D eigenvalue weighted by atomic mass is 15.1. The van der Waals surface area contributed by atoms with E-state index in [1.54, 1.807) is 0 Å². The molecule has 0 aromatic heterocycles. The van der Waals surface area contributed by atoms with Crippen LogP contribution in [0, 0.1) is 5.53 Å². The monoisotopic (exact) mass is 88.1 g/mol. The number of nitrogens with two attached hydrogens (primary N) is 1. The molecule has 4 heteroatoms.